The van der Waals surface area contributed by atoms with Gasteiger partial charge in [0.2, 0.25) is 11.8 Å². The number of nitrogens with zero attached hydrogens (tertiary/aromatic N) is 3. The summed E-state index contributed by atoms with van der Waals surface area (Å²) >= 11 is 1.93. The highest BCUT2D eigenvalue weighted by Gasteiger charge is 2.73. The van der Waals surface area contributed by atoms with Crippen LogP contribution in [0.2, 0.25) is 0 Å². The summed E-state index contributed by atoms with van der Waals surface area (Å²) in [4.78, 5) is 47.1. The van der Waals surface area contributed by atoms with E-state index in [1.165, 1.54) is 23.4 Å². The predicted molar refractivity (Wildman–Crippen MR) is 202 cm³/mol. The zero-order valence-electron chi connectivity index (χ0n) is 30.9. The van der Waals surface area contributed by atoms with Gasteiger partial charge in [-0.25, -0.2) is 18.2 Å². The molecule has 4 fully saturated rings. The maximum atomic E-state index is 13.9. The number of thioether (sulfide) groups is 1. The van der Waals surface area contributed by atoms with Gasteiger partial charge in [-0.2, -0.15) is 0 Å². The van der Waals surface area contributed by atoms with Crippen LogP contribution in [0.5, 0.6) is 11.5 Å². The fourth-order valence-electron chi connectivity index (χ4n) is 11.0. The number of aliphatic carboxylic acids is 1. The standard InChI is InChI=1S/C23H26N2O4.C18H11F3N2O3S2/c1-27-16-8-14-15(9-17(16)28-2)25-20(26)10-18-21-13-7-19-23(14,22(21)25)4-5-24(19)11-12(13)3-6-29-18;19-8-5-9(20)17-16(15(8)21)22-13(28-17)7-23-10-3-1-2-4-11(10)27-12(18(23)26)6-14(24)25/h3,8-9,13,18-19,21-22H,4-7,10-11H2,1-2H3;1-5,12H,6-7H2,(H,24,25)/t13-,18?,19-,21-,22?,23+;/m0./s1. The molecule has 11 nitrogen and oxygen atoms in total. The second-order valence-corrected chi connectivity index (χ2v) is 18.0. The topological polar surface area (TPSA) is 126 Å². The number of rotatable bonds is 6. The molecule has 7 heterocycles. The Kier molecular flexibility index (Phi) is 8.66. The van der Waals surface area contributed by atoms with E-state index in [-0.39, 0.29) is 39.7 Å². The SMILES string of the molecule is COc1cc2c(cc1OC)[C@@]13CC[NH+]4CC5=CCOC6CC(=O)N2C1[C@H]6[C@H]5C[C@H]43.O=C([O-])CC1Sc2ccccc2N(Cc2nc3c(F)c(F)cc(F)c3s2)C1=O. The second-order valence-electron chi connectivity index (χ2n) is 15.6. The summed E-state index contributed by atoms with van der Waals surface area (Å²) < 4.78 is 58.8. The smallest absolute Gasteiger partial charge is 0.241 e. The van der Waals surface area contributed by atoms with Crippen molar-refractivity contribution in [3.8, 4) is 11.5 Å². The van der Waals surface area contributed by atoms with Gasteiger partial charge < -0.3 is 38.8 Å². The van der Waals surface area contributed by atoms with Crippen LogP contribution in [0.25, 0.3) is 10.2 Å². The fourth-order valence-corrected chi connectivity index (χ4v) is 13.2. The summed E-state index contributed by atoms with van der Waals surface area (Å²) in [5, 5.41) is 10.3. The van der Waals surface area contributed by atoms with E-state index in [1.807, 2.05) is 0 Å². The van der Waals surface area contributed by atoms with Crippen molar-refractivity contribution in [2.75, 3.05) is 43.7 Å². The number of nitrogens with one attached hydrogen (secondary N) is 1. The summed E-state index contributed by atoms with van der Waals surface area (Å²) in [6, 6.07) is 12.3. The minimum absolute atomic E-state index is 0.0128. The molecule has 3 saturated heterocycles. The number of fused-ring (bicyclic) bond motifs is 4. The number of amides is 2. The van der Waals surface area contributed by atoms with Gasteiger partial charge in [-0.1, -0.05) is 18.2 Å². The molecule has 7 aliphatic rings. The molecule has 1 N–H and O–H groups in total. The van der Waals surface area contributed by atoms with E-state index in [1.54, 1.807) is 49.0 Å². The van der Waals surface area contributed by atoms with Crippen LogP contribution in [-0.2, 0) is 31.1 Å². The van der Waals surface area contributed by atoms with Crippen LogP contribution < -0.4 is 29.3 Å². The third-order valence-corrected chi connectivity index (χ3v) is 15.5. The van der Waals surface area contributed by atoms with E-state index in [9.17, 15) is 32.7 Å². The van der Waals surface area contributed by atoms with E-state index >= 15 is 0 Å². The van der Waals surface area contributed by atoms with Crippen molar-refractivity contribution in [2.45, 2.75) is 66.0 Å². The number of halogens is 3. The Hall–Kier alpha value is -4.64. The van der Waals surface area contributed by atoms with Gasteiger partial charge in [0.25, 0.3) is 0 Å². The number of hydrogen-bond acceptors (Lipinski definition) is 10. The number of carboxylic acids is 1. The lowest BCUT2D eigenvalue weighted by Gasteiger charge is -2.56. The van der Waals surface area contributed by atoms with Crippen LogP contribution in [0.15, 0.2) is 59.0 Å². The molecule has 3 aromatic carbocycles. The molecule has 6 aliphatic heterocycles. The van der Waals surface area contributed by atoms with E-state index in [0.717, 1.165) is 47.5 Å². The molecule has 16 heteroatoms. The van der Waals surface area contributed by atoms with Gasteiger partial charge in [0.05, 0.1) is 85.8 Å². The molecule has 4 unspecified atom stereocenters. The molecule has 11 rings (SSSR count). The molecule has 2 bridgehead atoms. The first-order chi connectivity index (χ1) is 27.5. The van der Waals surface area contributed by atoms with Crippen molar-refractivity contribution in [3.05, 3.63) is 82.1 Å². The van der Waals surface area contributed by atoms with Crippen LogP contribution >= 0.6 is 23.1 Å². The molecule has 4 aromatic rings. The summed E-state index contributed by atoms with van der Waals surface area (Å²) in [5.74, 6) is -2.73. The Morgan fingerprint density at radius 3 is 2.67 bits per heavy atom. The largest absolute Gasteiger partial charge is 0.550 e. The number of aromatic nitrogens is 1. The quantitative estimate of drug-likeness (QED) is 0.230. The number of para-hydroxylation sites is 1. The van der Waals surface area contributed by atoms with E-state index in [4.69, 9.17) is 14.2 Å². The third kappa shape index (κ3) is 5.39. The van der Waals surface area contributed by atoms with E-state index in [0.29, 0.717) is 53.3 Å². The third-order valence-electron chi connectivity index (χ3n) is 13.2. The minimum Gasteiger partial charge on any atom is -0.550 e. The summed E-state index contributed by atoms with van der Waals surface area (Å²) in [7, 11) is 3.37. The highest BCUT2D eigenvalue weighted by Crippen LogP contribution is 2.63. The molecule has 1 saturated carbocycles. The number of thiazole rings is 1. The number of anilines is 2. The van der Waals surface area contributed by atoms with Gasteiger partial charge in [0.15, 0.2) is 23.1 Å². The first kappa shape index (κ1) is 36.7. The van der Waals surface area contributed by atoms with Gasteiger partial charge >= 0.3 is 0 Å². The molecule has 57 heavy (non-hydrogen) atoms. The fraction of sp³-hybridized carbons (Fsp3) is 0.415. The number of carboxylic acid groups (broad SMARTS) is 1. The Bertz CT molecular complexity index is 2430. The monoisotopic (exact) mass is 818 g/mol. The van der Waals surface area contributed by atoms with Crippen molar-refractivity contribution in [3.63, 3.8) is 0 Å². The Balaban J connectivity index is 0.000000139. The number of methoxy groups -OCH3 is 2. The summed E-state index contributed by atoms with van der Waals surface area (Å²) in [6.45, 7) is 2.86. The molecular formula is C41H37F3N4O7S2. The second kappa shape index (κ2) is 13.5. The zero-order chi connectivity index (χ0) is 39.5. The molecule has 1 spiro atoms. The summed E-state index contributed by atoms with van der Waals surface area (Å²) in [5.41, 5.74) is 4.07. The van der Waals surface area contributed by atoms with E-state index < -0.39 is 46.5 Å². The Labute approximate surface area is 333 Å². The molecular weight excluding hydrogens is 782 g/mol. The summed E-state index contributed by atoms with van der Waals surface area (Å²) in [6.07, 6.45) is 4.75. The first-order valence-corrected chi connectivity index (χ1v) is 20.7. The van der Waals surface area contributed by atoms with Crippen LogP contribution in [0.3, 0.4) is 0 Å². The van der Waals surface area contributed by atoms with Crippen molar-refractivity contribution in [1.29, 1.82) is 0 Å². The van der Waals surface area contributed by atoms with Crippen molar-refractivity contribution < 1.29 is 51.8 Å². The lowest BCUT2D eigenvalue weighted by atomic mass is 9.53. The van der Waals surface area contributed by atoms with Crippen molar-refractivity contribution >= 4 is 62.5 Å². The number of piperidine rings is 2. The highest BCUT2D eigenvalue weighted by molar-refractivity contribution is 8.01. The lowest BCUT2D eigenvalue weighted by molar-refractivity contribution is -0.916. The predicted octanol–water partition coefficient (Wildman–Crippen LogP) is 3.55. The van der Waals surface area contributed by atoms with Crippen LogP contribution in [0, 0.1) is 29.3 Å². The average Bonchev–Trinajstić information content (AvgIpc) is 3.85. The van der Waals surface area contributed by atoms with Crippen LogP contribution in [0.4, 0.5) is 24.5 Å². The number of carbonyl (C=O) groups is 3. The zero-order valence-corrected chi connectivity index (χ0v) is 32.5. The number of hydrogen-bond donors (Lipinski definition) is 1. The number of carbonyl (C=O) groups excluding carboxylic acids is 3. The van der Waals surface area contributed by atoms with Gasteiger partial charge in [0.1, 0.15) is 22.4 Å². The highest BCUT2D eigenvalue weighted by atomic mass is 32.2. The number of quaternary nitrogens is 1. The van der Waals surface area contributed by atoms with Gasteiger partial charge in [-0.3, -0.25) is 9.59 Å². The Morgan fingerprint density at radius 2 is 1.88 bits per heavy atom. The maximum absolute atomic E-state index is 13.9. The normalized spacial score (nSPS) is 29.9. The number of benzene rings is 3. The van der Waals surface area contributed by atoms with E-state index in [2.05, 4.69) is 28.1 Å². The van der Waals surface area contributed by atoms with Gasteiger partial charge in [-0.15, -0.1) is 23.1 Å². The lowest BCUT2D eigenvalue weighted by Crippen LogP contribution is -3.16. The van der Waals surface area contributed by atoms with Gasteiger partial charge in [0, 0.05) is 48.2 Å². The number of ether oxygens (including phenoxy) is 3. The molecule has 0 radical (unpaired) electrons. The van der Waals surface area contributed by atoms with Crippen LogP contribution in [-0.4, -0.2) is 80.1 Å². The van der Waals surface area contributed by atoms with Crippen molar-refractivity contribution in [1.82, 2.24) is 4.98 Å². The minimum atomic E-state index is -1.36. The average molecular weight is 819 g/mol. The molecule has 296 valence electrons. The molecule has 8 atom stereocenters. The van der Waals surface area contributed by atoms with Gasteiger partial charge in [-0.05, 0) is 35.3 Å². The molecule has 2 amide bonds. The molecule has 1 aromatic heterocycles. The first-order valence-electron chi connectivity index (χ1n) is 19.0. The maximum Gasteiger partial charge on any atom is 0.241 e. The Morgan fingerprint density at radius 1 is 1.09 bits per heavy atom. The van der Waals surface area contributed by atoms with Crippen molar-refractivity contribution in [2.24, 2.45) is 11.8 Å². The van der Waals surface area contributed by atoms with Crippen LogP contribution in [0.1, 0.15) is 36.3 Å². The molecule has 1 aliphatic carbocycles.